The van der Waals surface area contributed by atoms with Crippen LogP contribution in [-0.2, 0) is 0 Å². The van der Waals surface area contributed by atoms with Crippen LogP contribution in [0.2, 0.25) is 0 Å². The summed E-state index contributed by atoms with van der Waals surface area (Å²) in [6, 6.07) is 0. The van der Waals surface area contributed by atoms with E-state index >= 15 is 0 Å². The fourth-order valence-electron chi connectivity index (χ4n) is 1.54. The highest BCUT2D eigenvalue weighted by Crippen LogP contribution is 2.22. The molecule has 0 aromatic carbocycles. The number of piperazine rings is 1. The van der Waals surface area contributed by atoms with Crippen molar-refractivity contribution in [2.45, 2.75) is 12.7 Å². The zero-order valence-electron chi connectivity index (χ0n) is 8.06. The standard InChI is InChI=1S/C8H16F3N3/c9-8(10,11)14-6-4-13(5-7-14)3-1-2-12/h1-7,12H2. The molecule has 0 radical (unpaired) electrons. The van der Waals surface area contributed by atoms with E-state index in [9.17, 15) is 13.2 Å². The zero-order chi connectivity index (χ0) is 10.6. The van der Waals surface area contributed by atoms with Crippen molar-refractivity contribution in [2.75, 3.05) is 39.3 Å². The van der Waals surface area contributed by atoms with Gasteiger partial charge in [-0.15, -0.1) is 0 Å². The Morgan fingerprint density at radius 1 is 1.07 bits per heavy atom. The number of hydrogen-bond acceptors (Lipinski definition) is 3. The molecule has 0 aromatic rings. The zero-order valence-corrected chi connectivity index (χ0v) is 8.06. The van der Waals surface area contributed by atoms with Crippen molar-refractivity contribution in [1.82, 2.24) is 9.80 Å². The van der Waals surface area contributed by atoms with Crippen LogP contribution in [0.15, 0.2) is 0 Å². The second-order valence-corrected chi connectivity index (χ2v) is 3.44. The smallest absolute Gasteiger partial charge is 0.330 e. The van der Waals surface area contributed by atoms with Gasteiger partial charge in [-0.2, -0.15) is 13.2 Å². The first-order valence-corrected chi connectivity index (χ1v) is 4.78. The van der Waals surface area contributed by atoms with Gasteiger partial charge >= 0.3 is 6.30 Å². The Bertz CT molecular complexity index is 164. The molecular formula is C8H16F3N3. The number of rotatable bonds is 3. The summed E-state index contributed by atoms with van der Waals surface area (Å²) in [6.45, 7) is 2.53. The van der Waals surface area contributed by atoms with E-state index in [2.05, 4.69) is 0 Å². The predicted octanol–water partition coefficient (Wildman–Crippen LogP) is 0.473. The highest BCUT2D eigenvalue weighted by Gasteiger charge is 2.38. The van der Waals surface area contributed by atoms with E-state index in [-0.39, 0.29) is 13.1 Å². The first-order chi connectivity index (χ1) is 6.54. The third kappa shape index (κ3) is 3.43. The van der Waals surface area contributed by atoms with Gasteiger partial charge in [-0.05, 0) is 19.5 Å². The number of halogens is 3. The van der Waals surface area contributed by atoms with E-state index in [4.69, 9.17) is 5.73 Å². The van der Waals surface area contributed by atoms with Crippen molar-refractivity contribution in [3.8, 4) is 0 Å². The summed E-state index contributed by atoms with van der Waals surface area (Å²) in [7, 11) is 0. The molecule has 1 aliphatic rings. The maximum Gasteiger partial charge on any atom is 0.460 e. The Kier molecular flexibility index (Phi) is 4.15. The molecule has 6 heteroatoms. The SMILES string of the molecule is NCCCN1CCN(C(F)(F)F)CC1. The number of nitrogens with zero attached hydrogens (tertiary/aromatic N) is 2. The van der Waals surface area contributed by atoms with Crippen LogP contribution in [0.1, 0.15) is 6.42 Å². The van der Waals surface area contributed by atoms with Crippen LogP contribution in [0.4, 0.5) is 13.2 Å². The molecule has 0 atom stereocenters. The van der Waals surface area contributed by atoms with Gasteiger partial charge < -0.3 is 10.6 Å². The average molecular weight is 211 g/mol. The van der Waals surface area contributed by atoms with Crippen LogP contribution in [-0.4, -0.2) is 55.4 Å². The van der Waals surface area contributed by atoms with Gasteiger partial charge in [0.1, 0.15) is 0 Å². The molecule has 1 heterocycles. The van der Waals surface area contributed by atoms with Crippen LogP contribution >= 0.6 is 0 Å². The summed E-state index contributed by atoms with van der Waals surface area (Å²) in [5.74, 6) is 0. The van der Waals surface area contributed by atoms with E-state index < -0.39 is 6.30 Å². The molecule has 0 aromatic heterocycles. The molecule has 1 rings (SSSR count). The van der Waals surface area contributed by atoms with E-state index in [0.29, 0.717) is 24.5 Å². The Hall–Kier alpha value is -0.330. The number of alkyl halides is 3. The van der Waals surface area contributed by atoms with Gasteiger partial charge in [0, 0.05) is 26.2 Å². The molecule has 1 fully saturated rings. The monoisotopic (exact) mass is 211 g/mol. The Morgan fingerprint density at radius 2 is 1.64 bits per heavy atom. The molecule has 2 N–H and O–H groups in total. The second kappa shape index (κ2) is 4.95. The molecule has 1 aliphatic heterocycles. The van der Waals surface area contributed by atoms with Gasteiger partial charge in [0.25, 0.3) is 0 Å². The summed E-state index contributed by atoms with van der Waals surface area (Å²) in [5.41, 5.74) is 5.33. The van der Waals surface area contributed by atoms with E-state index in [0.717, 1.165) is 13.0 Å². The summed E-state index contributed by atoms with van der Waals surface area (Å²) < 4.78 is 36.6. The second-order valence-electron chi connectivity index (χ2n) is 3.44. The van der Waals surface area contributed by atoms with Crippen LogP contribution < -0.4 is 5.73 Å². The van der Waals surface area contributed by atoms with Crippen molar-refractivity contribution in [3.63, 3.8) is 0 Å². The van der Waals surface area contributed by atoms with E-state index in [1.807, 2.05) is 4.90 Å². The molecule has 0 spiro atoms. The third-order valence-electron chi connectivity index (χ3n) is 2.41. The van der Waals surface area contributed by atoms with Crippen molar-refractivity contribution < 1.29 is 13.2 Å². The minimum absolute atomic E-state index is 0.0775. The van der Waals surface area contributed by atoms with E-state index in [1.165, 1.54) is 0 Å². The minimum Gasteiger partial charge on any atom is -0.330 e. The molecule has 3 nitrogen and oxygen atoms in total. The van der Waals surface area contributed by atoms with Crippen molar-refractivity contribution in [2.24, 2.45) is 5.73 Å². The van der Waals surface area contributed by atoms with Crippen LogP contribution in [0.5, 0.6) is 0 Å². The number of nitrogens with two attached hydrogens (primary N) is 1. The third-order valence-corrected chi connectivity index (χ3v) is 2.41. The van der Waals surface area contributed by atoms with Crippen molar-refractivity contribution >= 4 is 0 Å². The lowest BCUT2D eigenvalue weighted by atomic mass is 10.3. The van der Waals surface area contributed by atoms with Gasteiger partial charge in [-0.3, -0.25) is 0 Å². The van der Waals surface area contributed by atoms with Gasteiger partial charge in [-0.25, -0.2) is 4.90 Å². The molecule has 0 unspecified atom stereocenters. The summed E-state index contributed by atoms with van der Waals surface area (Å²) in [4.78, 5) is 2.58. The molecule has 0 aliphatic carbocycles. The number of hydrogen-bond donors (Lipinski definition) is 1. The fourth-order valence-corrected chi connectivity index (χ4v) is 1.54. The molecule has 14 heavy (non-hydrogen) atoms. The average Bonchev–Trinajstić information content (AvgIpc) is 2.14. The van der Waals surface area contributed by atoms with Gasteiger partial charge in [0.05, 0.1) is 0 Å². The largest absolute Gasteiger partial charge is 0.460 e. The van der Waals surface area contributed by atoms with Crippen LogP contribution in [0.3, 0.4) is 0 Å². The maximum atomic E-state index is 12.2. The molecule has 1 saturated heterocycles. The maximum absolute atomic E-state index is 12.2. The van der Waals surface area contributed by atoms with E-state index in [1.54, 1.807) is 0 Å². The Morgan fingerprint density at radius 3 is 2.07 bits per heavy atom. The lowest BCUT2D eigenvalue weighted by Crippen LogP contribution is -2.52. The molecule has 0 saturated carbocycles. The lowest BCUT2D eigenvalue weighted by Gasteiger charge is -2.35. The van der Waals surface area contributed by atoms with Crippen molar-refractivity contribution in [3.05, 3.63) is 0 Å². The van der Waals surface area contributed by atoms with Gasteiger partial charge in [0.15, 0.2) is 0 Å². The first-order valence-electron chi connectivity index (χ1n) is 4.78. The lowest BCUT2D eigenvalue weighted by molar-refractivity contribution is -0.252. The molecule has 0 bridgehead atoms. The summed E-state index contributed by atoms with van der Waals surface area (Å²) in [6.07, 6.45) is -3.31. The first kappa shape index (κ1) is 11.7. The van der Waals surface area contributed by atoms with Gasteiger partial charge in [-0.1, -0.05) is 0 Å². The highest BCUT2D eigenvalue weighted by atomic mass is 19.4. The van der Waals surface area contributed by atoms with Crippen molar-refractivity contribution in [1.29, 1.82) is 0 Å². The Labute approximate surface area is 81.6 Å². The predicted molar refractivity (Wildman–Crippen MR) is 47.7 cm³/mol. The van der Waals surface area contributed by atoms with Crippen LogP contribution in [0.25, 0.3) is 0 Å². The fraction of sp³-hybridized carbons (Fsp3) is 1.00. The van der Waals surface area contributed by atoms with Crippen LogP contribution in [0, 0.1) is 0 Å². The van der Waals surface area contributed by atoms with Gasteiger partial charge in [0.2, 0.25) is 0 Å². The normalized spacial score (nSPS) is 21.4. The molecule has 0 amide bonds. The highest BCUT2D eigenvalue weighted by molar-refractivity contribution is 4.73. The summed E-state index contributed by atoms with van der Waals surface area (Å²) >= 11 is 0. The molecular weight excluding hydrogens is 195 g/mol. The Balaban J connectivity index is 2.24. The molecule has 84 valence electrons. The quantitative estimate of drug-likeness (QED) is 0.689. The minimum atomic E-state index is -4.17. The topological polar surface area (TPSA) is 32.5 Å². The summed E-state index contributed by atoms with van der Waals surface area (Å²) in [5, 5.41) is 0.